The average molecular weight is 354 g/mol. The Balaban J connectivity index is 1.39. The Bertz CT molecular complexity index is 727. The third-order valence-electron chi connectivity index (χ3n) is 6.87. The van der Waals surface area contributed by atoms with Crippen LogP contribution in [0.25, 0.3) is 0 Å². The molecule has 4 aliphatic rings. The van der Waals surface area contributed by atoms with Gasteiger partial charge < -0.3 is 10.6 Å². The lowest BCUT2D eigenvalue weighted by Crippen LogP contribution is -2.36. The third-order valence-corrected chi connectivity index (χ3v) is 6.87. The topological polar surface area (TPSA) is 59.0 Å². The molecule has 0 spiro atoms. The van der Waals surface area contributed by atoms with Crippen molar-refractivity contribution >= 4 is 11.7 Å². The number of anilines is 1. The molecule has 1 amide bonds. The first-order valence-electron chi connectivity index (χ1n) is 10.7. The summed E-state index contributed by atoms with van der Waals surface area (Å²) >= 11 is 0. The molecule has 3 aliphatic carbocycles. The van der Waals surface area contributed by atoms with E-state index >= 15 is 0 Å². The molecule has 0 bridgehead atoms. The van der Waals surface area contributed by atoms with Gasteiger partial charge in [-0.2, -0.15) is 5.10 Å². The Morgan fingerprint density at radius 3 is 2.73 bits per heavy atom. The molecule has 5 rings (SSSR count). The van der Waals surface area contributed by atoms with Gasteiger partial charge in [0.1, 0.15) is 5.82 Å². The maximum Gasteiger partial charge on any atom is 0.253 e. The fourth-order valence-electron chi connectivity index (χ4n) is 4.87. The molecule has 0 aromatic carbocycles. The first-order valence-corrected chi connectivity index (χ1v) is 10.7. The number of nitrogens with zero attached hydrogens (tertiary/aromatic N) is 2. The van der Waals surface area contributed by atoms with Crippen LogP contribution in [0.5, 0.6) is 0 Å². The van der Waals surface area contributed by atoms with Crippen LogP contribution in [-0.4, -0.2) is 28.3 Å². The van der Waals surface area contributed by atoms with E-state index in [9.17, 15) is 4.79 Å². The fraction of sp³-hybridized carbons (Fsp3) is 0.714. The SMILES string of the molecule is O=C1Nc2c(c(C3CCC3)nn2CCCNC2CCC2)C2CCCC=C12. The van der Waals surface area contributed by atoms with E-state index in [0.29, 0.717) is 5.92 Å². The number of carbonyl (C=O) groups is 1. The zero-order valence-corrected chi connectivity index (χ0v) is 15.6. The van der Waals surface area contributed by atoms with Crippen LogP contribution in [0.1, 0.15) is 87.3 Å². The minimum atomic E-state index is 0.108. The molecule has 2 fully saturated rings. The maximum absolute atomic E-state index is 12.6. The zero-order chi connectivity index (χ0) is 17.5. The number of aryl methyl sites for hydroxylation is 1. The molecule has 2 saturated carbocycles. The molecule has 1 atom stereocenters. The second kappa shape index (κ2) is 6.84. The van der Waals surface area contributed by atoms with Gasteiger partial charge in [-0.15, -0.1) is 0 Å². The number of aromatic nitrogens is 2. The van der Waals surface area contributed by atoms with Gasteiger partial charge in [0.25, 0.3) is 5.91 Å². The van der Waals surface area contributed by atoms with E-state index < -0.39 is 0 Å². The van der Waals surface area contributed by atoms with Crippen LogP contribution in [-0.2, 0) is 11.3 Å². The van der Waals surface area contributed by atoms with Gasteiger partial charge in [-0.05, 0) is 57.9 Å². The molecule has 0 radical (unpaired) electrons. The Morgan fingerprint density at radius 1 is 1.15 bits per heavy atom. The molecule has 1 aromatic rings. The molecule has 1 aromatic heterocycles. The van der Waals surface area contributed by atoms with Crippen molar-refractivity contribution in [3.63, 3.8) is 0 Å². The summed E-state index contributed by atoms with van der Waals surface area (Å²) in [4.78, 5) is 12.6. The van der Waals surface area contributed by atoms with E-state index in [1.807, 2.05) is 0 Å². The molecule has 5 heteroatoms. The predicted molar refractivity (Wildman–Crippen MR) is 102 cm³/mol. The van der Waals surface area contributed by atoms with E-state index in [4.69, 9.17) is 5.10 Å². The number of hydrogen-bond acceptors (Lipinski definition) is 3. The van der Waals surface area contributed by atoms with Crippen LogP contribution in [0.15, 0.2) is 11.6 Å². The van der Waals surface area contributed by atoms with E-state index in [-0.39, 0.29) is 11.8 Å². The first kappa shape index (κ1) is 16.5. The van der Waals surface area contributed by atoms with Crippen molar-refractivity contribution < 1.29 is 4.79 Å². The van der Waals surface area contributed by atoms with Crippen molar-refractivity contribution in [2.45, 2.75) is 88.6 Å². The van der Waals surface area contributed by atoms with Gasteiger partial charge in [-0.25, -0.2) is 4.68 Å². The summed E-state index contributed by atoms with van der Waals surface area (Å²) in [5.74, 6) is 2.00. The molecule has 1 aliphatic heterocycles. The Hall–Kier alpha value is -1.62. The van der Waals surface area contributed by atoms with Crippen molar-refractivity contribution in [1.29, 1.82) is 0 Å². The standard InChI is InChI=1S/C21H30N4O/c26-21-17-11-2-1-10-16(17)18-19(14-6-3-7-14)24-25(20(18)23-21)13-5-12-22-15-8-4-9-15/h11,14-16,22H,1-10,12-13H2,(H,23,26). The summed E-state index contributed by atoms with van der Waals surface area (Å²) in [6.45, 7) is 1.93. The second-order valence-electron chi connectivity index (χ2n) is 8.53. The number of allylic oxidation sites excluding steroid dienone is 1. The smallest absolute Gasteiger partial charge is 0.253 e. The number of carbonyl (C=O) groups excluding carboxylic acids is 1. The third kappa shape index (κ3) is 2.81. The Morgan fingerprint density at radius 2 is 2.00 bits per heavy atom. The van der Waals surface area contributed by atoms with Crippen LogP contribution in [0.3, 0.4) is 0 Å². The van der Waals surface area contributed by atoms with Gasteiger partial charge in [0.05, 0.1) is 5.69 Å². The Labute approximate surface area is 155 Å². The van der Waals surface area contributed by atoms with Crippen LogP contribution in [0.4, 0.5) is 5.82 Å². The fourth-order valence-corrected chi connectivity index (χ4v) is 4.87. The number of fused-ring (bicyclic) bond motifs is 3. The molecule has 1 unspecified atom stereocenters. The van der Waals surface area contributed by atoms with Crippen molar-refractivity contribution in [1.82, 2.24) is 15.1 Å². The maximum atomic E-state index is 12.6. The van der Waals surface area contributed by atoms with Crippen LogP contribution < -0.4 is 10.6 Å². The van der Waals surface area contributed by atoms with Crippen molar-refractivity contribution in [3.8, 4) is 0 Å². The van der Waals surface area contributed by atoms with Gasteiger partial charge in [0, 0.05) is 35.6 Å². The van der Waals surface area contributed by atoms with Crippen LogP contribution >= 0.6 is 0 Å². The number of rotatable bonds is 6. The molecule has 2 heterocycles. The molecule has 2 N–H and O–H groups in total. The number of nitrogens with one attached hydrogen (secondary N) is 2. The van der Waals surface area contributed by atoms with E-state index in [2.05, 4.69) is 21.4 Å². The molecular weight excluding hydrogens is 324 g/mol. The molecule has 0 saturated heterocycles. The summed E-state index contributed by atoms with van der Waals surface area (Å²) in [5, 5.41) is 11.9. The zero-order valence-electron chi connectivity index (χ0n) is 15.6. The van der Waals surface area contributed by atoms with Gasteiger partial charge in [-0.3, -0.25) is 4.79 Å². The highest BCUT2D eigenvalue weighted by atomic mass is 16.1. The average Bonchev–Trinajstić information content (AvgIpc) is 2.90. The van der Waals surface area contributed by atoms with Gasteiger partial charge >= 0.3 is 0 Å². The van der Waals surface area contributed by atoms with Gasteiger partial charge in [-0.1, -0.05) is 18.9 Å². The minimum absolute atomic E-state index is 0.108. The Kier molecular flexibility index (Phi) is 4.35. The molecular formula is C21H30N4O. The van der Waals surface area contributed by atoms with E-state index in [1.54, 1.807) is 0 Å². The van der Waals surface area contributed by atoms with Crippen molar-refractivity contribution in [2.75, 3.05) is 11.9 Å². The summed E-state index contributed by atoms with van der Waals surface area (Å²) in [6.07, 6.45) is 14.4. The monoisotopic (exact) mass is 354 g/mol. The summed E-state index contributed by atoms with van der Waals surface area (Å²) in [7, 11) is 0. The van der Waals surface area contributed by atoms with Crippen LogP contribution in [0, 0.1) is 0 Å². The molecule has 26 heavy (non-hydrogen) atoms. The van der Waals surface area contributed by atoms with Crippen molar-refractivity contribution in [2.24, 2.45) is 0 Å². The highest BCUT2D eigenvalue weighted by Gasteiger charge is 2.39. The van der Waals surface area contributed by atoms with E-state index in [1.165, 1.54) is 56.2 Å². The minimum Gasteiger partial charge on any atom is -0.314 e. The van der Waals surface area contributed by atoms with Gasteiger partial charge in [0.2, 0.25) is 0 Å². The molecule has 140 valence electrons. The highest BCUT2D eigenvalue weighted by Crippen LogP contribution is 2.48. The van der Waals surface area contributed by atoms with Crippen molar-refractivity contribution in [3.05, 3.63) is 22.9 Å². The number of amides is 1. The molecule has 5 nitrogen and oxygen atoms in total. The number of hydrogen-bond donors (Lipinski definition) is 2. The lowest BCUT2D eigenvalue weighted by molar-refractivity contribution is -0.113. The second-order valence-corrected chi connectivity index (χ2v) is 8.53. The summed E-state index contributed by atoms with van der Waals surface area (Å²) in [5.41, 5.74) is 3.64. The van der Waals surface area contributed by atoms with E-state index in [0.717, 1.165) is 49.8 Å². The lowest BCUT2D eigenvalue weighted by atomic mass is 9.74. The summed E-state index contributed by atoms with van der Waals surface area (Å²) in [6, 6.07) is 0.738. The summed E-state index contributed by atoms with van der Waals surface area (Å²) < 4.78 is 2.11. The predicted octanol–water partition coefficient (Wildman–Crippen LogP) is 3.83. The lowest BCUT2D eigenvalue weighted by Gasteiger charge is -2.32. The normalized spacial score (nSPS) is 25.6. The highest BCUT2D eigenvalue weighted by molar-refractivity contribution is 6.07. The first-order chi connectivity index (χ1) is 12.8. The van der Waals surface area contributed by atoms with Crippen LogP contribution in [0.2, 0.25) is 0 Å². The quantitative estimate of drug-likeness (QED) is 0.763. The largest absolute Gasteiger partial charge is 0.314 e. The van der Waals surface area contributed by atoms with Gasteiger partial charge in [0.15, 0.2) is 0 Å².